The number of rotatable bonds is 5. The number of carboxylic acids is 1. The molecule has 1 heterocycles. The molecular weight excluding hydrogens is 256 g/mol. The molecule has 0 saturated heterocycles. The zero-order valence-electron chi connectivity index (χ0n) is 12.4. The van der Waals surface area contributed by atoms with E-state index in [0.717, 1.165) is 5.69 Å². The fourth-order valence-corrected chi connectivity index (χ4v) is 1.74. The minimum Gasteiger partial charge on any atom is -0.480 e. The van der Waals surface area contributed by atoms with Gasteiger partial charge in [0.2, 0.25) is 0 Å². The number of pyridine rings is 1. The van der Waals surface area contributed by atoms with Crippen LogP contribution in [0.5, 0.6) is 0 Å². The molecule has 0 bridgehead atoms. The summed E-state index contributed by atoms with van der Waals surface area (Å²) in [6, 6.07) is 4.20. The van der Waals surface area contributed by atoms with Crippen molar-refractivity contribution < 1.29 is 14.7 Å². The first-order chi connectivity index (χ1) is 9.19. The average Bonchev–Trinajstić information content (AvgIpc) is 2.32. The summed E-state index contributed by atoms with van der Waals surface area (Å²) in [4.78, 5) is 27.3. The minimum absolute atomic E-state index is 0.0278. The maximum atomic E-state index is 12.0. The summed E-state index contributed by atoms with van der Waals surface area (Å²) in [5, 5.41) is 11.7. The molecule has 1 amide bonds. The van der Waals surface area contributed by atoms with E-state index < -0.39 is 17.9 Å². The smallest absolute Gasteiger partial charge is 0.326 e. The second-order valence-electron chi connectivity index (χ2n) is 6.13. The Hall–Kier alpha value is -1.91. The number of aromatic nitrogens is 1. The van der Waals surface area contributed by atoms with E-state index in [1.807, 2.05) is 20.8 Å². The molecule has 1 aromatic heterocycles. The standard InChI is InChI=1S/C15H22N2O3/c1-10-6-5-7-11(16-10)13(18)17-12(14(19)20)8-9-15(2,3)4/h5-7,12H,8-9H2,1-4H3,(H,17,18)(H,19,20). The summed E-state index contributed by atoms with van der Waals surface area (Å²) in [6.45, 7) is 7.90. The number of nitrogens with zero attached hydrogens (tertiary/aromatic N) is 1. The van der Waals surface area contributed by atoms with Crippen LogP contribution in [0.15, 0.2) is 18.2 Å². The van der Waals surface area contributed by atoms with Crippen molar-refractivity contribution >= 4 is 11.9 Å². The Morgan fingerprint density at radius 2 is 2.00 bits per heavy atom. The zero-order valence-corrected chi connectivity index (χ0v) is 12.4. The van der Waals surface area contributed by atoms with Crippen LogP contribution in [-0.2, 0) is 4.79 Å². The van der Waals surface area contributed by atoms with Gasteiger partial charge in [-0.25, -0.2) is 9.78 Å². The first kappa shape index (κ1) is 16.1. The number of aryl methyl sites for hydroxylation is 1. The van der Waals surface area contributed by atoms with Gasteiger partial charge in [-0.05, 0) is 37.3 Å². The van der Waals surface area contributed by atoms with Gasteiger partial charge >= 0.3 is 5.97 Å². The van der Waals surface area contributed by atoms with Crippen LogP contribution in [0.1, 0.15) is 49.8 Å². The molecule has 0 radical (unpaired) electrons. The quantitative estimate of drug-likeness (QED) is 0.866. The second kappa shape index (κ2) is 6.50. The van der Waals surface area contributed by atoms with Gasteiger partial charge in [0.1, 0.15) is 11.7 Å². The molecule has 1 aromatic rings. The van der Waals surface area contributed by atoms with E-state index in [-0.39, 0.29) is 11.1 Å². The number of hydrogen-bond acceptors (Lipinski definition) is 3. The van der Waals surface area contributed by atoms with Gasteiger partial charge < -0.3 is 10.4 Å². The number of carbonyl (C=O) groups is 2. The molecule has 2 N–H and O–H groups in total. The summed E-state index contributed by atoms with van der Waals surface area (Å²) in [7, 11) is 0. The largest absolute Gasteiger partial charge is 0.480 e. The minimum atomic E-state index is -1.02. The van der Waals surface area contributed by atoms with E-state index in [2.05, 4.69) is 10.3 Å². The van der Waals surface area contributed by atoms with Crippen molar-refractivity contribution in [3.05, 3.63) is 29.6 Å². The van der Waals surface area contributed by atoms with Crippen molar-refractivity contribution in [3.63, 3.8) is 0 Å². The van der Waals surface area contributed by atoms with Gasteiger partial charge in [0, 0.05) is 5.69 Å². The highest BCUT2D eigenvalue weighted by Gasteiger charge is 2.23. The van der Waals surface area contributed by atoms with Crippen molar-refractivity contribution in [2.75, 3.05) is 0 Å². The lowest BCUT2D eigenvalue weighted by molar-refractivity contribution is -0.139. The fraction of sp³-hybridized carbons (Fsp3) is 0.533. The Morgan fingerprint density at radius 3 is 2.50 bits per heavy atom. The van der Waals surface area contributed by atoms with Crippen molar-refractivity contribution in [2.45, 2.75) is 46.6 Å². The Kier molecular flexibility index (Phi) is 5.25. The molecule has 0 spiro atoms. The van der Waals surface area contributed by atoms with E-state index in [4.69, 9.17) is 0 Å². The molecule has 0 saturated carbocycles. The highest BCUT2D eigenvalue weighted by molar-refractivity contribution is 5.94. The molecule has 110 valence electrons. The topological polar surface area (TPSA) is 79.3 Å². The lowest BCUT2D eigenvalue weighted by Crippen LogP contribution is -2.41. The van der Waals surface area contributed by atoms with Gasteiger partial charge in [-0.2, -0.15) is 0 Å². The normalized spacial score (nSPS) is 12.8. The maximum Gasteiger partial charge on any atom is 0.326 e. The third-order valence-corrected chi connectivity index (χ3v) is 2.91. The van der Waals surface area contributed by atoms with Gasteiger partial charge in [-0.1, -0.05) is 26.8 Å². The molecular formula is C15H22N2O3. The average molecular weight is 278 g/mol. The third kappa shape index (κ3) is 5.38. The molecule has 1 atom stereocenters. The van der Waals surface area contributed by atoms with Gasteiger partial charge in [-0.3, -0.25) is 4.79 Å². The van der Waals surface area contributed by atoms with Crippen molar-refractivity contribution in [2.24, 2.45) is 5.41 Å². The molecule has 20 heavy (non-hydrogen) atoms. The summed E-state index contributed by atoms with van der Waals surface area (Å²) < 4.78 is 0. The van der Waals surface area contributed by atoms with Crippen molar-refractivity contribution in [1.29, 1.82) is 0 Å². The monoisotopic (exact) mass is 278 g/mol. The number of aliphatic carboxylic acids is 1. The number of nitrogens with one attached hydrogen (secondary N) is 1. The van der Waals surface area contributed by atoms with Crippen LogP contribution in [0.2, 0.25) is 0 Å². The van der Waals surface area contributed by atoms with Gasteiger partial charge in [0.25, 0.3) is 5.91 Å². The number of hydrogen-bond donors (Lipinski definition) is 2. The molecule has 0 aromatic carbocycles. The number of amides is 1. The van der Waals surface area contributed by atoms with Crippen LogP contribution in [-0.4, -0.2) is 28.0 Å². The van der Waals surface area contributed by atoms with Crippen LogP contribution in [0.3, 0.4) is 0 Å². The van der Waals surface area contributed by atoms with Crippen LogP contribution in [0.25, 0.3) is 0 Å². The summed E-state index contributed by atoms with van der Waals surface area (Å²) >= 11 is 0. The Bertz CT molecular complexity index is 492. The molecule has 0 fully saturated rings. The zero-order chi connectivity index (χ0) is 15.3. The first-order valence-corrected chi connectivity index (χ1v) is 6.66. The van der Waals surface area contributed by atoms with Gasteiger partial charge in [-0.15, -0.1) is 0 Å². The molecule has 0 aliphatic heterocycles. The van der Waals surface area contributed by atoms with Crippen molar-refractivity contribution in [1.82, 2.24) is 10.3 Å². The Morgan fingerprint density at radius 1 is 1.35 bits per heavy atom. The van der Waals surface area contributed by atoms with E-state index in [9.17, 15) is 14.7 Å². The summed E-state index contributed by atoms with van der Waals surface area (Å²) in [5.74, 6) is -1.47. The molecule has 0 aliphatic carbocycles. The predicted octanol–water partition coefficient (Wildman–Crippen LogP) is 2.40. The Labute approximate surface area is 119 Å². The lowest BCUT2D eigenvalue weighted by atomic mass is 9.88. The van der Waals surface area contributed by atoms with Crippen LogP contribution >= 0.6 is 0 Å². The number of carboxylic acid groups (broad SMARTS) is 1. The molecule has 5 nitrogen and oxygen atoms in total. The van der Waals surface area contributed by atoms with E-state index in [1.54, 1.807) is 25.1 Å². The van der Waals surface area contributed by atoms with E-state index >= 15 is 0 Å². The SMILES string of the molecule is Cc1cccc(C(=O)NC(CCC(C)(C)C)C(=O)O)n1. The molecule has 1 rings (SSSR count). The van der Waals surface area contributed by atoms with Crippen LogP contribution in [0.4, 0.5) is 0 Å². The van der Waals surface area contributed by atoms with Crippen LogP contribution < -0.4 is 5.32 Å². The molecule has 0 aliphatic rings. The van der Waals surface area contributed by atoms with Gasteiger partial charge in [0.15, 0.2) is 0 Å². The summed E-state index contributed by atoms with van der Waals surface area (Å²) in [6.07, 6.45) is 1.11. The highest BCUT2D eigenvalue weighted by Crippen LogP contribution is 2.21. The predicted molar refractivity (Wildman–Crippen MR) is 76.6 cm³/mol. The van der Waals surface area contributed by atoms with E-state index in [1.165, 1.54) is 0 Å². The fourth-order valence-electron chi connectivity index (χ4n) is 1.74. The third-order valence-electron chi connectivity index (χ3n) is 2.91. The Balaban J connectivity index is 2.71. The van der Waals surface area contributed by atoms with Crippen molar-refractivity contribution in [3.8, 4) is 0 Å². The maximum absolute atomic E-state index is 12.0. The lowest BCUT2D eigenvalue weighted by Gasteiger charge is -2.21. The van der Waals surface area contributed by atoms with Gasteiger partial charge in [0.05, 0.1) is 0 Å². The number of carbonyl (C=O) groups excluding carboxylic acids is 1. The molecule has 1 unspecified atom stereocenters. The summed E-state index contributed by atoms with van der Waals surface area (Å²) in [5.41, 5.74) is 0.992. The second-order valence-corrected chi connectivity index (χ2v) is 6.13. The highest BCUT2D eigenvalue weighted by atomic mass is 16.4. The van der Waals surface area contributed by atoms with Crippen LogP contribution in [0, 0.1) is 12.3 Å². The van der Waals surface area contributed by atoms with E-state index in [0.29, 0.717) is 12.8 Å². The first-order valence-electron chi connectivity index (χ1n) is 6.66. The molecule has 5 heteroatoms.